The minimum absolute atomic E-state index is 0.00330. The van der Waals surface area contributed by atoms with Gasteiger partial charge >= 0.3 is 6.18 Å². The van der Waals surface area contributed by atoms with Crippen LogP contribution in [0.1, 0.15) is 31.7 Å². The molecule has 0 aliphatic heterocycles. The summed E-state index contributed by atoms with van der Waals surface area (Å²) < 4.78 is 41.6. The highest BCUT2D eigenvalue weighted by atomic mass is 19.4. The average Bonchev–Trinajstić information content (AvgIpc) is 3.56. The van der Waals surface area contributed by atoms with E-state index in [4.69, 9.17) is 0 Å². The molecule has 2 atom stereocenters. The number of phenols is 1. The average molecular weight is 466 g/mol. The number of nitrogens with one attached hydrogen (secondary N) is 1. The molecule has 0 bridgehead atoms. The number of nitrogens with zero attached hydrogens (tertiary/aromatic N) is 2. The second-order valence-corrected chi connectivity index (χ2v) is 8.98. The SMILES string of the molecule is C=C(/C=C\C(C)=N/C)[C@H](CC(=O)NC[C@H](Cc1ccc(O)cc1)N(C)C)C1(C(F)(F)F)CC1. The van der Waals surface area contributed by atoms with Crippen molar-refractivity contribution < 1.29 is 23.1 Å². The molecule has 1 aliphatic rings. The molecule has 1 aliphatic carbocycles. The molecule has 182 valence electrons. The third-order valence-corrected chi connectivity index (χ3v) is 6.42. The van der Waals surface area contributed by atoms with Gasteiger partial charge in [0, 0.05) is 37.7 Å². The number of rotatable bonds is 11. The number of alkyl halides is 3. The summed E-state index contributed by atoms with van der Waals surface area (Å²) in [6, 6.07) is 6.76. The number of benzene rings is 1. The van der Waals surface area contributed by atoms with E-state index in [0.717, 1.165) is 5.56 Å². The van der Waals surface area contributed by atoms with Crippen LogP contribution in [0.25, 0.3) is 0 Å². The van der Waals surface area contributed by atoms with Gasteiger partial charge in [-0.1, -0.05) is 30.4 Å². The van der Waals surface area contributed by atoms with Crippen LogP contribution in [0.3, 0.4) is 0 Å². The number of hydrogen-bond acceptors (Lipinski definition) is 4. The van der Waals surface area contributed by atoms with Crippen LogP contribution in [-0.2, 0) is 11.2 Å². The summed E-state index contributed by atoms with van der Waals surface area (Å²) in [6.45, 7) is 5.91. The Labute approximate surface area is 194 Å². The molecule has 5 nitrogen and oxygen atoms in total. The molecule has 0 unspecified atom stereocenters. The smallest absolute Gasteiger partial charge is 0.395 e. The fraction of sp³-hybridized carbons (Fsp3) is 0.520. The first kappa shape index (κ1) is 26.6. The summed E-state index contributed by atoms with van der Waals surface area (Å²) in [5, 5.41) is 12.3. The predicted octanol–water partition coefficient (Wildman–Crippen LogP) is 4.53. The van der Waals surface area contributed by atoms with E-state index in [-0.39, 0.29) is 36.6 Å². The number of phenolic OH excluding ortho intramolecular Hbond substituents is 1. The highest BCUT2D eigenvalue weighted by Gasteiger charge is 2.67. The monoisotopic (exact) mass is 465 g/mol. The van der Waals surface area contributed by atoms with Crippen LogP contribution in [0.2, 0.25) is 0 Å². The van der Waals surface area contributed by atoms with E-state index >= 15 is 0 Å². The van der Waals surface area contributed by atoms with Crippen LogP contribution in [0.15, 0.2) is 53.6 Å². The molecule has 1 fully saturated rings. The highest BCUT2D eigenvalue weighted by molar-refractivity contribution is 5.93. The van der Waals surface area contributed by atoms with Gasteiger partial charge in [-0.05, 0) is 64.1 Å². The van der Waals surface area contributed by atoms with Crippen molar-refractivity contribution >= 4 is 11.6 Å². The molecular weight excluding hydrogens is 431 g/mol. The van der Waals surface area contributed by atoms with Gasteiger partial charge in [0.15, 0.2) is 0 Å². The predicted molar refractivity (Wildman–Crippen MR) is 125 cm³/mol. The third-order valence-electron chi connectivity index (χ3n) is 6.42. The minimum Gasteiger partial charge on any atom is -0.508 e. The quantitative estimate of drug-likeness (QED) is 0.373. The fourth-order valence-electron chi connectivity index (χ4n) is 3.89. The Balaban J connectivity index is 2.09. The van der Waals surface area contributed by atoms with E-state index in [1.165, 1.54) is 0 Å². The van der Waals surface area contributed by atoms with E-state index in [0.29, 0.717) is 18.7 Å². The van der Waals surface area contributed by atoms with Gasteiger partial charge in [0.25, 0.3) is 0 Å². The van der Waals surface area contributed by atoms with Gasteiger partial charge in [-0.25, -0.2) is 0 Å². The van der Waals surface area contributed by atoms with Crippen LogP contribution in [0, 0.1) is 11.3 Å². The summed E-state index contributed by atoms with van der Waals surface area (Å²) in [5.41, 5.74) is 0.0466. The van der Waals surface area contributed by atoms with Crippen LogP contribution < -0.4 is 5.32 Å². The van der Waals surface area contributed by atoms with Crippen molar-refractivity contribution in [2.45, 2.75) is 44.8 Å². The fourth-order valence-corrected chi connectivity index (χ4v) is 3.89. The zero-order valence-corrected chi connectivity index (χ0v) is 19.7. The number of aliphatic imine (C=N–C) groups is 1. The number of carbonyl (C=O) groups is 1. The van der Waals surface area contributed by atoms with Crippen LogP contribution in [0.5, 0.6) is 5.75 Å². The first-order valence-corrected chi connectivity index (χ1v) is 11.0. The maximum Gasteiger partial charge on any atom is 0.395 e. The van der Waals surface area contributed by atoms with Gasteiger partial charge in [-0.15, -0.1) is 0 Å². The molecule has 0 heterocycles. The van der Waals surface area contributed by atoms with Gasteiger partial charge in [-0.3, -0.25) is 9.79 Å². The van der Waals surface area contributed by atoms with Crippen molar-refractivity contribution in [2.24, 2.45) is 16.3 Å². The lowest BCUT2D eigenvalue weighted by Gasteiger charge is -2.30. The Morgan fingerprint density at radius 3 is 2.36 bits per heavy atom. The van der Waals surface area contributed by atoms with Crippen molar-refractivity contribution in [1.29, 1.82) is 0 Å². The summed E-state index contributed by atoms with van der Waals surface area (Å²) in [4.78, 5) is 18.7. The zero-order valence-electron chi connectivity index (χ0n) is 19.7. The van der Waals surface area contributed by atoms with Crippen molar-refractivity contribution in [1.82, 2.24) is 10.2 Å². The van der Waals surface area contributed by atoms with E-state index in [1.54, 1.807) is 38.3 Å². The Morgan fingerprint density at radius 1 is 1.27 bits per heavy atom. The summed E-state index contributed by atoms with van der Waals surface area (Å²) in [6.07, 6.45) is -0.877. The first-order chi connectivity index (χ1) is 15.4. The van der Waals surface area contributed by atoms with Crippen molar-refractivity contribution in [3.05, 3.63) is 54.1 Å². The number of allylic oxidation sites excluding steroid dienone is 3. The minimum atomic E-state index is -4.40. The number of aromatic hydroxyl groups is 1. The Hall–Kier alpha value is -2.61. The number of hydrogen-bond donors (Lipinski definition) is 2. The molecule has 0 saturated heterocycles. The molecule has 1 saturated carbocycles. The number of halogens is 3. The third kappa shape index (κ3) is 7.19. The molecule has 2 rings (SSSR count). The van der Waals surface area contributed by atoms with Crippen molar-refractivity contribution in [3.63, 3.8) is 0 Å². The Kier molecular flexibility index (Phi) is 8.89. The van der Waals surface area contributed by atoms with E-state index in [9.17, 15) is 23.1 Å². The van der Waals surface area contributed by atoms with Gasteiger partial charge in [-0.2, -0.15) is 13.2 Å². The molecule has 1 amide bonds. The molecular formula is C25H34F3N3O2. The Morgan fingerprint density at radius 2 is 1.88 bits per heavy atom. The molecule has 1 aromatic rings. The standard InChI is InChI=1S/C25H34F3N3O2/c1-17(6-7-18(2)29-3)22(24(12-13-24)25(26,27)28)15-23(33)30-16-20(31(4)5)14-19-8-10-21(32)11-9-19/h6-11,20,22,32H,1,12-16H2,2-5H3,(H,30,33)/b7-6-,29-18-/t20-,22-/m0/s1. The van der Waals surface area contributed by atoms with Gasteiger partial charge < -0.3 is 15.3 Å². The largest absolute Gasteiger partial charge is 0.508 e. The molecule has 8 heteroatoms. The second-order valence-electron chi connectivity index (χ2n) is 8.98. The molecule has 33 heavy (non-hydrogen) atoms. The molecule has 0 aromatic heterocycles. The summed E-state index contributed by atoms with van der Waals surface area (Å²) in [5.74, 6) is -1.27. The van der Waals surface area contributed by atoms with Crippen LogP contribution >= 0.6 is 0 Å². The van der Waals surface area contributed by atoms with E-state index < -0.39 is 23.4 Å². The Bertz CT molecular complexity index is 885. The van der Waals surface area contributed by atoms with Crippen molar-refractivity contribution in [3.8, 4) is 5.75 Å². The van der Waals surface area contributed by atoms with Gasteiger partial charge in [0.05, 0.1) is 5.41 Å². The number of carbonyl (C=O) groups excluding carboxylic acids is 1. The van der Waals surface area contributed by atoms with Gasteiger partial charge in [0.1, 0.15) is 5.75 Å². The number of likely N-dealkylation sites (N-methyl/N-ethyl adjacent to an activating group) is 1. The summed E-state index contributed by atoms with van der Waals surface area (Å²) in [7, 11) is 5.37. The maximum atomic E-state index is 13.9. The molecule has 1 aromatic carbocycles. The van der Waals surface area contributed by atoms with Crippen LogP contribution in [0.4, 0.5) is 13.2 Å². The van der Waals surface area contributed by atoms with E-state index in [2.05, 4.69) is 16.9 Å². The normalized spacial score (nSPS) is 17.8. The topological polar surface area (TPSA) is 64.9 Å². The molecule has 0 spiro atoms. The molecule has 2 N–H and O–H groups in total. The second kappa shape index (κ2) is 11.0. The van der Waals surface area contributed by atoms with E-state index in [1.807, 2.05) is 31.1 Å². The zero-order chi connectivity index (χ0) is 24.8. The van der Waals surface area contributed by atoms with Crippen molar-refractivity contribution in [2.75, 3.05) is 27.7 Å². The highest BCUT2D eigenvalue weighted by Crippen LogP contribution is 2.64. The summed E-state index contributed by atoms with van der Waals surface area (Å²) >= 11 is 0. The first-order valence-electron chi connectivity index (χ1n) is 11.0. The number of amides is 1. The van der Waals surface area contributed by atoms with Crippen LogP contribution in [-0.4, -0.2) is 61.5 Å². The maximum absolute atomic E-state index is 13.9. The lowest BCUT2D eigenvalue weighted by atomic mass is 9.80. The molecule has 0 radical (unpaired) electrons. The lowest BCUT2D eigenvalue weighted by Crippen LogP contribution is -2.43. The lowest BCUT2D eigenvalue weighted by molar-refractivity contribution is -0.199. The van der Waals surface area contributed by atoms with Gasteiger partial charge in [0.2, 0.25) is 5.91 Å².